The molecule has 0 bridgehead atoms. The Morgan fingerprint density at radius 1 is 1.29 bits per heavy atom. The van der Waals surface area contributed by atoms with E-state index in [1.807, 2.05) is 43.3 Å². The fraction of sp³-hybridized carbons (Fsp3) is 0.500. The molecule has 0 aliphatic rings. The van der Waals surface area contributed by atoms with Crippen molar-refractivity contribution in [3.63, 3.8) is 0 Å². The first kappa shape index (κ1) is 11.1. The van der Waals surface area contributed by atoms with Crippen molar-refractivity contribution in [1.82, 2.24) is 0 Å². The Kier molecular flexibility index (Phi) is 3.96. The van der Waals surface area contributed by atoms with E-state index in [4.69, 9.17) is 0 Å². The van der Waals surface area contributed by atoms with Crippen molar-refractivity contribution in [2.24, 2.45) is 0 Å². The summed E-state index contributed by atoms with van der Waals surface area (Å²) in [5.74, 6) is 0. The lowest BCUT2D eigenvalue weighted by Crippen LogP contribution is -2.13. The second-order valence-corrected chi connectivity index (χ2v) is 3.76. The highest BCUT2D eigenvalue weighted by Crippen LogP contribution is 2.27. The minimum absolute atomic E-state index is 0.335. The average Bonchev–Trinajstić information content (AvgIpc) is 2.18. The van der Waals surface area contributed by atoms with Crippen molar-refractivity contribution in [3.05, 3.63) is 29.8 Å². The number of nitrogens with zero attached hydrogens (tertiary/aromatic N) is 1. The highest BCUT2D eigenvalue weighted by molar-refractivity contribution is 5.53. The van der Waals surface area contributed by atoms with Gasteiger partial charge in [0.15, 0.2) is 0 Å². The maximum atomic E-state index is 9.92. The van der Waals surface area contributed by atoms with E-state index >= 15 is 0 Å². The van der Waals surface area contributed by atoms with Crippen LogP contribution < -0.4 is 4.90 Å². The Morgan fingerprint density at radius 2 is 1.93 bits per heavy atom. The molecule has 1 unspecified atom stereocenters. The fourth-order valence-corrected chi connectivity index (χ4v) is 1.61. The zero-order chi connectivity index (χ0) is 10.6. The van der Waals surface area contributed by atoms with Crippen LogP contribution in [-0.2, 0) is 0 Å². The monoisotopic (exact) mass is 193 g/mol. The van der Waals surface area contributed by atoms with E-state index in [0.717, 1.165) is 24.1 Å². The highest BCUT2D eigenvalue weighted by Gasteiger charge is 2.11. The zero-order valence-corrected chi connectivity index (χ0v) is 9.20. The van der Waals surface area contributed by atoms with E-state index in [2.05, 4.69) is 6.92 Å². The summed E-state index contributed by atoms with van der Waals surface area (Å²) < 4.78 is 0. The number of para-hydroxylation sites is 1. The molecule has 78 valence electrons. The predicted molar refractivity (Wildman–Crippen MR) is 60.6 cm³/mol. The molecular formula is C12H19NO. The van der Waals surface area contributed by atoms with Gasteiger partial charge >= 0.3 is 0 Å². The second kappa shape index (κ2) is 5.01. The summed E-state index contributed by atoms with van der Waals surface area (Å²) >= 11 is 0. The van der Waals surface area contributed by atoms with Gasteiger partial charge in [0.1, 0.15) is 0 Å². The van der Waals surface area contributed by atoms with Crippen molar-refractivity contribution < 1.29 is 5.11 Å². The minimum Gasteiger partial charge on any atom is -0.388 e. The normalized spacial score (nSPS) is 12.6. The van der Waals surface area contributed by atoms with Crippen molar-refractivity contribution in [2.45, 2.75) is 25.9 Å². The van der Waals surface area contributed by atoms with Gasteiger partial charge in [-0.05, 0) is 12.5 Å². The smallest absolute Gasteiger partial charge is 0.0810 e. The number of hydrogen-bond acceptors (Lipinski definition) is 2. The molecule has 0 aromatic heterocycles. The molecule has 14 heavy (non-hydrogen) atoms. The molecule has 0 radical (unpaired) electrons. The Morgan fingerprint density at radius 3 is 2.50 bits per heavy atom. The van der Waals surface area contributed by atoms with Crippen molar-refractivity contribution in [2.75, 3.05) is 19.0 Å². The van der Waals surface area contributed by atoms with Crippen LogP contribution in [0.25, 0.3) is 0 Å². The molecule has 0 amide bonds. The second-order valence-electron chi connectivity index (χ2n) is 3.76. The molecule has 1 N–H and O–H groups in total. The largest absolute Gasteiger partial charge is 0.388 e. The molecule has 0 saturated carbocycles. The fourth-order valence-electron chi connectivity index (χ4n) is 1.61. The third kappa shape index (κ3) is 2.48. The molecule has 2 nitrogen and oxygen atoms in total. The van der Waals surface area contributed by atoms with Gasteiger partial charge < -0.3 is 10.0 Å². The van der Waals surface area contributed by atoms with Crippen molar-refractivity contribution >= 4 is 5.69 Å². The van der Waals surface area contributed by atoms with Crippen LogP contribution in [0.15, 0.2) is 24.3 Å². The summed E-state index contributed by atoms with van der Waals surface area (Å²) in [4.78, 5) is 2.04. The molecule has 1 aromatic rings. The molecule has 0 heterocycles. The Bertz CT molecular complexity index is 283. The molecule has 0 aliphatic heterocycles. The summed E-state index contributed by atoms with van der Waals surface area (Å²) in [6.45, 7) is 2.08. The third-order valence-corrected chi connectivity index (χ3v) is 2.34. The first-order chi connectivity index (χ1) is 6.66. The van der Waals surface area contributed by atoms with E-state index in [-0.39, 0.29) is 6.10 Å². The Balaban J connectivity index is 2.94. The maximum absolute atomic E-state index is 9.92. The van der Waals surface area contributed by atoms with Crippen LogP contribution in [0.1, 0.15) is 31.4 Å². The van der Waals surface area contributed by atoms with E-state index < -0.39 is 0 Å². The number of aliphatic hydroxyl groups excluding tert-OH is 1. The van der Waals surface area contributed by atoms with Crippen LogP contribution in [0.4, 0.5) is 5.69 Å². The van der Waals surface area contributed by atoms with E-state index in [9.17, 15) is 5.11 Å². The number of hydrogen-bond donors (Lipinski definition) is 1. The lowest BCUT2D eigenvalue weighted by molar-refractivity contribution is 0.167. The predicted octanol–water partition coefficient (Wildman–Crippen LogP) is 2.59. The average molecular weight is 193 g/mol. The van der Waals surface area contributed by atoms with E-state index in [0.29, 0.717) is 0 Å². The topological polar surface area (TPSA) is 23.5 Å². The van der Waals surface area contributed by atoms with Gasteiger partial charge in [-0.25, -0.2) is 0 Å². The summed E-state index contributed by atoms with van der Waals surface area (Å²) in [6, 6.07) is 8.00. The molecule has 2 heteroatoms. The van der Waals surface area contributed by atoms with Gasteiger partial charge in [-0.15, -0.1) is 0 Å². The summed E-state index contributed by atoms with van der Waals surface area (Å²) in [7, 11) is 4.00. The van der Waals surface area contributed by atoms with Gasteiger partial charge in [0.05, 0.1) is 6.10 Å². The zero-order valence-electron chi connectivity index (χ0n) is 9.20. The van der Waals surface area contributed by atoms with Gasteiger partial charge in [0.25, 0.3) is 0 Å². The lowest BCUT2D eigenvalue weighted by Gasteiger charge is -2.20. The van der Waals surface area contributed by atoms with Crippen LogP contribution in [0.3, 0.4) is 0 Å². The van der Waals surface area contributed by atoms with Crippen LogP contribution in [0.2, 0.25) is 0 Å². The quantitative estimate of drug-likeness (QED) is 0.794. The van der Waals surface area contributed by atoms with E-state index in [1.54, 1.807) is 0 Å². The number of aliphatic hydroxyl groups is 1. The Hall–Kier alpha value is -1.02. The number of rotatable bonds is 4. The lowest BCUT2D eigenvalue weighted by atomic mass is 10.0. The van der Waals surface area contributed by atoms with Crippen LogP contribution in [0.5, 0.6) is 0 Å². The molecule has 1 rings (SSSR count). The van der Waals surface area contributed by atoms with Gasteiger partial charge in [0, 0.05) is 25.3 Å². The SMILES string of the molecule is CCCC(O)c1ccccc1N(C)C. The van der Waals surface area contributed by atoms with Crippen molar-refractivity contribution in [1.29, 1.82) is 0 Å². The Labute approximate surface area is 86.2 Å². The number of benzene rings is 1. The molecule has 0 fully saturated rings. The third-order valence-electron chi connectivity index (χ3n) is 2.34. The molecule has 0 spiro atoms. The van der Waals surface area contributed by atoms with Gasteiger partial charge in [-0.1, -0.05) is 31.5 Å². The van der Waals surface area contributed by atoms with E-state index in [1.165, 1.54) is 0 Å². The summed E-state index contributed by atoms with van der Waals surface area (Å²) in [5.41, 5.74) is 2.13. The molecule has 1 atom stereocenters. The highest BCUT2D eigenvalue weighted by atomic mass is 16.3. The van der Waals surface area contributed by atoms with Gasteiger partial charge in [-0.2, -0.15) is 0 Å². The molecular weight excluding hydrogens is 174 g/mol. The van der Waals surface area contributed by atoms with Gasteiger partial charge in [-0.3, -0.25) is 0 Å². The summed E-state index contributed by atoms with van der Waals surface area (Å²) in [5, 5.41) is 9.92. The molecule has 0 saturated heterocycles. The first-order valence-corrected chi connectivity index (χ1v) is 5.11. The maximum Gasteiger partial charge on any atom is 0.0810 e. The van der Waals surface area contributed by atoms with Gasteiger partial charge in [0.2, 0.25) is 0 Å². The summed E-state index contributed by atoms with van der Waals surface area (Å²) in [6.07, 6.45) is 1.49. The molecule has 1 aromatic carbocycles. The van der Waals surface area contributed by atoms with Crippen LogP contribution >= 0.6 is 0 Å². The van der Waals surface area contributed by atoms with Crippen LogP contribution in [-0.4, -0.2) is 19.2 Å². The molecule has 0 aliphatic carbocycles. The minimum atomic E-state index is -0.335. The van der Waals surface area contributed by atoms with Crippen LogP contribution in [0, 0.1) is 0 Å². The van der Waals surface area contributed by atoms with Crippen molar-refractivity contribution in [3.8, 4) is 0 Å². The number of anilines is 1. The first-order valence-electron chi connectivity index (χ1n) is 5.11. The standard InChI is InChI=1S/C12H19NO/c1-4-7-12(14)10-8-5-6-9-11(10)13(2)3/h5-6,8-9,12,14H,4,7H2,1-3H3.